The lowest BCUT2D eigenvalue weighted by Gasteiger charge is -2.15. The summed E-state index contributed by atoms with van der Waals surface area (Å²) in [6.45, 7) is 1.90. The number of aliphatic hydroxyl groups is 1. The molecule has 0 saturated carbocycles. The zero-order valence-corrected chi connectivity index (χ0v) is 11.5. The van der Waals surface area contributed by atoms with Gasteiger partial charge >= 0.3 is 6.18 Å². The van der Waals surface area contributed by atoms with Crippen LogP contribution < -0.4 is 0 Å². The summed E-state index contributed by atoms with van der Waals surface area (Å²) in [5, 5.41) is 16.2. The van der Waals surface area contributed by atoms with Gasteiger partial charge in [0.25, 0.3) is 5.78 Å². The van der Waals surface area contributed by atoms with Crippen LogP contribution in [0.2, 0.25) is 0 Å². The molecule has 120 valence electrons. The minimum absolute atomic E-state index is 0.0487. The Bertz CT molecular complexity index is 464. The molecule has 0 radical (unpaired) electrons. The molecule has 0 saturated heterocycles. The molecule has 0 aliphatic carbocycles. The summed E-state index contributed by atoms with van der Waals surface area (Å²) < 4.78 is 47.6. The average molecular weight is 311 g/mol. The van der Waals surface area contributed by atoms with Gasteiger partial charge in [-0.3, -0.25) is 4.79 Å². The molecular formula is C11H16F3N3O4. The van der Waals surface area contributed by atoms with Crippen LogP contribution in [-0.4, -0.2) is 64.6 Å². The number of Topliss-reactive ketones (excluding diaryl/α,β-unsaturated/α-hetero) is 1. The lowest BCUT2D eigenvalue weighted by atomic mass is 10.3. The zero-order chi connectivity index (χ0) is 16.0. The van der Waals surface area contributed by atoms with E-state index >= 15 is 0 Å². The normalized spacial score (nSPS) is 15.0. The van der Waals surface area contributed by atoms with Crippen molar-refractivity contribution in [1.29, 1.82) is 0 Å². The van der Waals surface area contributed by atoms with E-state index in [0.717, 1.165) is 10.9 Å². The van der Waals surface area contributed by atoms with Crippen LogP contribution in [0.1, 0.15) is 17.4 Å². The number of carbonyl (C=O) groups is 1. The van der Waals surface area contributed by atoms with Gasteiger partial charge in [0.15, 0.2) is 5.69 Å². The topological polar surface area (TPSA) is 86.5 Å². The van der Waals surface area contributed by atoms with E-state index in [1.165, 1.54) is 7.11 Å². The molecule has 1 aromatic heterocycles. The van der Waals surface area contributed by atoms with Crippen molar-refractivity contribution in [3.8, 4) is 0 Å². The van der Waals surface area contributed by atoms with E-state index in [9.17, 15) is 23.1 Å². The maximum absolute atomic E-state index is 12.2. The highest BCUT2D eigenvalue weighted by Gasteiger charge is 2.41. The molecule has 0 aromatic carbocycles. The quantitative estimate of drug-likeness (QED) is 0.701. The second kappa shape index (κ2) is 7.48. The number of carbonyl (C=O) groups excluding carboxylic acids is 1. The summed E-state index contributed by atoms with van der Waals surface area (Å²) in [5.74, 6) is -2.08. The van der Waals surface area contributed by atoms with Gasteiger partial charge in [0.2, 0.25) is 0 Å². The number of hydrogen-bond acceptors (Lipinski definition) is 6. The first-order chi connectivity index (χ1) is 9.74. The minimum atomic E-state index is -5.00. The Balaban J connectivity index is 2.49. The van der Waals surface area contributed by atoms with Crippen LogP contribution in [0.4, 0.5) is 13.2 Å². The SMILES string of the molecule is COCC(C)OCC(O)Cn1cc(C(=O)C(F)(F)F)nn1. The summed E-state index contributed by atoms with van der Waals surface area (Å²) in [5.41, 5.74) is -0.816. The zero-order valence-electron chi connectivity index (χ0n) is 11.5. The summed E-state index contributed by atoms with van der Waals surface area (Å²) in [7, 11) is 1.50. The summed E-state index contributed by atoms with van der Waals surface area (Å²) in [6, 6.07) is 0. The molecular weight excluding hydrogens is 295 g/mol. The third kappa shape index (κ3) is 5.78. The number of alkyl halides is 3. The van der Waals surface area contributed by atoms with E-state index in [1.54, 1.807) is 6.92 Å². The van der Waals surface area contributed by atoms with E-state index < -0.39 is 23.8 Å². The molecule has 2 unspecified atom stereocenters. The number of methoxy groups -OCH3 is 1. The van der Waals surface area contributed by atoms with Crippen molar-refractivity contribution in [2.24, 2.45) is 0 Å². The van der Waals surface area contributed by atoms with Gasteiger partial charge in [-0.1, -0.05) is 5.21 Å². The van der Waals surface area contributed by atoms with Crippen molar-refractivity contribution in [3.63, 3.8) is 0 Å². The maximum atomic E-state index is 12.2. The molecule has 1 heterocycles. The number of halogens is 3. The van der Waals surface area contributed by atoms with Crippen molar-refractivity contribution in [2.75, 3.05) is 20.3 Å². The highest BCUT2D eigenvalue weighted by Crippen LogP contribution is 2.19. The predicted molar refractivity (Wildman–Crippen MR) is 63.7 cm³/mol. The molecule has 2 atom stereocenters. The van der Waals surface area contributed by atoms with Gasteiger partial charge in [0.1, 0.15) is 0 Å². The van der Waals surface area contributed by atoms with Gasteiger partial charge in [-0.15, -0.1) is 5.10 Å². The van der Waals surface area contributed by atoms with Gasteiger partial charge in [-0.05, 0) is 6.92 Å². The van der Waals surface area contributed by atoms with Gasteiger partial charge < -0.3 is 14.6 Å². The fourth-order valence-corrected chi connectivity index (χ4v) is 1.46. The number of aromatic nitrogens is 3. The number of hydrogen-bond donors (Lipinski definition) is 1. The van der Waals surface area contributed by atoms with Crippen LogP contribution in [0.5, 0.6) is 0 Å². The first-order valence-corrected chi connectivity index (χ1v) is 6.04. The van der Waals surface area contributed by atoms with Gasteiger partial charge in [0.05, 0.1) is 38.2 Å². The van der Waals surface area contributed by atoms with Crippen LogP contribution >= 0.6 is 0 Å². The lowest BCUT2D eigenvalue weighted by Crippen LogP contribution is -2.26. The number of rotatable bonds is 8. The molecule has 0 fully saturated rings. The largest absolute Gasteiger partial charge is 0.456 e. The molecule has 21 heavy (non-hydrogen) atoms. The van der Waals surface area contributed by atoms with Crippen LogP contribution in [0.15, 0.2) is 6.20 Å². The fraction of sp³-hybridized carbons (Fsp3) is 0.727. The van der Waals surface area contributed by atoms with Crippen molar-refractivity contribution >= 4 is 5.78 Å². The molecule has 0 bridgehead atoms. The molecule has 1 N–H and O–H groups in total. The molecule has 0 spiro atoms. The van der Waals surface area contributed by atoms with E-state index in [4.69, 9.17) is 9.47 Å². The monoisotopic (exact) mass is 311 g/mol. The number of ether oxygens (including phenoxy) is 2. The number of ketones is 1. The Kier molecular flexibility index (Phi) is 6.24. The number of aliphatic hydroxyl groups excluding tert-OH is 1. The van der Waals surface area contributed by atoms with E-state index in [-0.39, 0.29) is 19.3 Å². The smallest absolute Gasteiger partial charge is 0.389 e. The van der Waals surface area contributed by atoms with Crippen molar-refractivity contribution in [3.05, 3.63) is 11.9 Å². The van der Waals surface area contributed by atoms with Gasteiger partial charge in [-0.25, -0.2) is 4.68 Å². The van der Waals surface area contributed by atoms with Crippen LogP contribution in [0, 0.1) is 0 Å². The van der Waals surface area contributed by atoms with E-state index in [1.807, 2.05) is 0 Å². The van der Waals surface area contributed by atoms with Crippen molar-refractivity contribution < 1.29 is 32.5 Å². The Hall–Kier alpha value is -1.52. The highest BCUT2D eigenvalue weighted by molar-refractivity contribution is 5.98. The standard InChI is InChI=1S/C11H16F3N3O4/c1-7(5-20-2)21-6-8(18)3-17-4-9(15-16-17)10(19)11(12,13)14/h4,7-8,18H,3,5-6H2,1-2H3. The fourth-order valence-electron chi connectivity index (χ4n) is 1.46. The Labute approximate surface area is 118 Å². The third-order valence-corrected chi connectivity index (χ3v) is 2.40. The first-order valence-electron chi connectivity index (χ1n) is 6.04. The van der Waals surface area contributed by atoms with E-state index in [2.05, 4.69) is 10.3 Å². The molecule has 1 aromatic rings. The summed E-state index contributed by atoms with van der Waals surface area (Å²) in [4.78, 5) is 10.9. The Morgan fingerprint density at radius 1 is 1.48 bits per heavy atom. The van der Waals surface area contributed by atoms with Gasteiger partial charge in [-0.2, -0.15) is 13.2 Å². The predicted octanol–water partition coefficient (Wildman–Crippen LogP) is 0.435. The number of nitrogens with zero attached hydrogens (tertiary/aromatic N) is 3. The first kappa shape index (κ1) is 17.5. The second-order valence-electron chi connectivity index (χ2n) is 4.41. The Morgan fingerprint density at radius 3 is 2.71 bits per heavy atom. The van der Waals surface area contributed by atoms with Gasteiger partial charge in [0, 0.05) is 7.11 Å². The molecule has 0 aliphatic rings. The second-order valence-corrected chi connectivity index (χ2v) is 4.41. The van der Waals surface area contributed by atoms with Crippen LogP contribution in [0.25, 0.3) is 0 Å². The summed E-state index contributed by atoms with van der Waals surface area (Å²) in [6.07, 6.45) is -5.40. The lowest BCUT2D eigenvalue weighted by molar-refractivity contribution is -0.0888. The van der Waals surface area contributed by atoms with Crippen molar-refractivity contribution in [2.45, 2.75) is 31.9 Å². The molecule has 1 rings (SSSR count). The van der Waals surface area contributed by atoms with Crippen LogP contribution in [-0.2, 0) is 16.0 Å². The third-order valence-electron chi connectivity index (χ3n) is 2.40. The minimum Gasteiger partial charge on any atom is -0.389 e. The average Bonchev–Trinajstić information content (AvgIpc) is 2.83. The molecule has 0 amide bonds. The van der Waals surface area contributed by atoms with Crippen LogP contribution in [0.3, 0.4) is 0 Å². The Morgan fingerprint density at radius 2 is 2.14 bits per heavy atom. The van der Waals surface area contributed by atoms with Crippen molar-refractivity contribution in [1.82, 2.24) is 15.0 Å². The van der Waals surface area contributed by atoms with E-state index in [0.29, 0.717) is 6.61 Å². The molecule has 10 heteroatoms. The maximum Gasteiger partial charge on any atom is 0.456 e. The molecule has 7 nitrogen and oxygen atoms in total. The summed E-state index contributed by atoms with van der Waals surface area (Å²) >= 11 is 0. The molecule has 0 aliphatic heterocycles. The highest BCUT2D eigenvalue weighted by atomic mass is 19.4.